The number of carbonyl (C=O) groups excluding carboxylic acids is 1. The lowest BCUT2D eigenvalue weighted by Crippen LogP contribution is -2.38. The predicted molar refractivity (Wildman–Crippen MR) is 131 cm³/mol. The minimum absolute atomic E-state index is 0.0196. The van der Waals surface area contributed by atoms with Gasteiger partial charge in [0, 0.05) is 43.5 Å². The van der Waals surface area contributed by atoms with Crippen LogP contribution in [0.3, 0.4) is 0 Å². The molecular weight excluding hydrogens is 414 g/mol. The van der Waals surface area contributed by atoms with Gasteiger partial charge in [-0.1, -0.05) is 20.8 Å². The number of carbonyl (C=O) groups is 1. The van der Waals surface area contributed by atoms with Gasteiger partial charge in [0.1, 0.15) is 23.4 Å². The van der Waals surface area contributed by atoms with Crippen LogP contribution in [0, 0.1) is 5.41 Å². The molecule has 1 aliphatic heterocycles. The van der Waals surface area contributed by atoms with Crippen molar-refractivity contribution in [2.75, 3.05) is 38.6 Å². The van der Waals surface area contributed by atoms with Crippen molar-refractivity contribution in [1.29, 1.82) is 0 Å². The van der Waals surface area contributed by atoms with Gasteiger partial charge in [-0.05, 0) is 57.2 Å². The van der Waals surface area contributed by atoms with Crippen LogP contribution in [0.25, 0.3) is 11.5 Å². The number of ketones is 1. The van der Waals surface area contributed by atoms with Gasteiger partial charge in [-0.15, -0.1) is 0 Å². The van der Waals surface area contributed by atoms with Gasteiger partial charge in [-0.2, -0.15) is 0 Å². The Morgan fingerprint density at radius 2 is 2.06 bits per heavy atom. The van der Waals surface area contributed by atoms with Gasteiger partial charge < -0.3 is 14.5 Å². The van der Waals surface area contributed by atoms with Crippen molar-refractivity contribution in [3.05, 3.63) is 29.6 Å². The van der Waals surface area contributed by atoms with Crippen LogP contribution in [0.5, 0.6) is 5.75 Å². The average molecular weight is 452 g/mol. The second kappa shape index (κ2) is 9.75. The highest BCUT2D eigenvalue weighted by molar-refractivity contribution is 5.84. The molecule has 0 aromatic carbocycles. The Labute approximate surface area is 197 Å². The van der Waals surface area contributed by atoms with E-state index in [-0.39, 0.29) is 17.3 Å². The van der Waals surface area contributed by atoms with E-state index < -0.39 is 0 Å². The average Bonchev–Trinajstić information content (AvgIpc) is 3.20. The van der Waals surface area contributed by atoms with Crippen molar-refractivity contribution in [2.24, 2.45) is 5.41 Å². The molecule has 0 radical (unpaired) electrons. The molecular formula is C26H37N5O2. The first kappa shape index (κ1) is 23.6. The van der Waals surface area contributed by atoms with E-state index in [4.69, 9.17) is 14.7 Å². The molecule has 0 saturated carbocycles. The van der Waals surface area contributed by atoms with Crippen LogP contribution < -0.4 is 9.64 Å². The number of likely N-dealkylation sites (N-methyl/N-ethyl adjacent to an activating group) is 2. The van der Waals surface area contributed by atoms with E-state index in [1.807, 2.05) is 24.1 Å². The first-order valence-electron chi connectivity index (χ1n) is 12.1. The van der Waals surface area contributed by atoms with E-state index in [2.05, 4.69) is 37.7 Å². The minimum Gasteiger partial charge on any atom is -0.489 e. The number of rotatable bonds is 7. The predicted octanol–water partition coefficient (Wildman–Crippen LogP) is 3.94. The van der Waals surface area contributed by atoms with E-state index in [9.17, 15) is 4.79 Å². The van der Waals surface area contributed by atoms with Crippen molar-refractivity contribution in [3.8, 4) is 17.3 Å². The van der Waals surface area contributed by atoms with Crippen LogP contribution in [0.1, 0.15) is 57.7 Å². The number of aromatic nitrogens is 3. The lowest BCUT2D eigenvalue weighted by atomic mass is 9.90. The van der Waals surface area contributed by atoms with E-state index in [0.717, 1.165) is 62.5 Å². The van der Waals surface area contributed by atoms with Gasteiger partial charge in [0.2, 0.25) is 0 Å². The fourth-order valence-corrected chi connectivity index (χ4v) is 4.84. The third-order valence-corrected chi connectivity index (χ3v) is 6.26. The number of Topliss-reactive ketones (excluding diaryl/α,β-unsaturated/α-hetero) is 1. The number of likely N-dealkylation sites (tertiary alicyclic amines) is 1. The summed E-state index contributed by atoms with van der Waals surface area (Å²) in [6.45, 7) is 8.70. The van der Waals surface area contributed by atoms with E-state index in [0.29, 0.717) is 24.5 Å². The zero-order valence-corrected chi connectivity index (χ0v) is 20.7. The topological polar surface area (TPSA) is 71.5 Å². The zero-order valence-electron chi connectivity index (χ0n) is 20.7. The summed E-state index contributed by atoms with van der Waals surface area (Å²) in [6, 6.07) is 3.85. The number of nitrogens with zero attached hydrogens (tertiary/aromatic N) is 5. The summed E-state index contributed by atoms with van der Waals surface area (Å²) in [4.78, 5) is 31.2. The quantitative estimate of drug-likeness (QED) is 0.631. The third kappa shape index (κ3) is 6.08. The Morgan fingerprint density at radius 3 is 2.82 bits per heavy atom. The highest BCUT2D eigenvalue weighted by Crippen LogP contribution is 2.32. The summed E-state index contributed by atoms with van der Waals surface area (Å²) in [5.41, 5.74) is 2.94. The van der Waals surface area contributed by atoms with Crippen molar-refractivity contribution in [2.45, 2.75) is 65.4 Å². The van der Waals surface area contributed by atoms with Crippen LogP contribution in [0.2, 0.25) is 0 Å². The van der Waals surface area contributed by atoms with E-state index >= 15 is 0 Å². The molecule has 2 aromatic heterocycles. The molecule has 0 spiro atoms. The second-order valence-electron chi connectivity index (χ2n) is 10.8. The Morgan fingerprint density at radius 1 is 1.24 bits per heavy atom. The summed E-state index contributed by atoms with van der Waals surface area (Å²) in [6.07, 6.45) is 7.68. The number of hydrogen-bond donors (Lipinski definition) is 0. The number of pyridine rings is 1. The van der Waals surface area contributed by atoms with Crippen molar-refractivity contribution in [1.82, 2.24) is 19.9 Å². The highest BCUT2D eigenvalue weighted by atomic mass is 16.5. The van der Waals surface area contributed by atoms with E-state index in [1.165, 1.54) is 5.56 Å². The van der Waals surface area contributed by atoms with Crippen molar-refractivity contribution >= 4 is 11.6 Å². The summed E-state index contributed by atoms with van der Waals surface area (Å²) in [5, 5.41) is 0. The molecule has 2 aliphatic rings. The maximum absolute atomic E-state index is 12.6. The second-order valence-corrected chi connectivity index (χ2v) is 10.8. The number of aryl methyl sites for hydroxylation is 1. The number of ether oxygens (including phenoxy) is 1. The molecule has 0 amide bonds. The maximum atomic E-state index is 12.6. The molecule has 1 fully saturated rings. The number of piperidine rings is 1. The lowest BCUT2D eigenvalue weighted by molar-refractivity contribution is -0.119. The molecule has 3 heterocycles. The monoisotopic (exact) mass is 451 g/mol. The molecule has 1 saturated heterocycles. The molecule has 33 heavy (non-hydrogen) atoms. The smallest absolute Gasteiger partial charge is 0.180 e. The van der Waals surface area contributed by atoms with E-state index in [1.54, 1.807) is 6.20 Å². The number of anilines is 1. The molecule has 7 heteroatoms. The Kier molecular flexibility index (Phi) is 6.98. The molecule has 0 unspecified atom stereocenters. The third-order valence-electron chi connectivity index (χ3n) is 6.26. The largest absolute Gasteiger partial charge is 0.489 e. The summed E-state index contributed by atoms with van der Waals surface area (Å²) < 4.78 is 6.26. The SMILES string of the molecule is CN1CCC[C@H](Oc2ccnc(-c3nc4c(c(N(C)CC(=O)CC(C)(C)C)n3)CCC4)c2)C1. The summed E-state index contributed by atoms with van der Waals surface area (Å²) in [7, 11) is 4.09. The lowest BCUT2D eigenvalue weighted by Gasteiger charge is -2.30. The molecule has 7 nitrogen and oxygen atoms in total. The fraction of sp³-hybridized carbons (Fsp3) is 0.615. The molecule has 1 atom stereocenters. The molecule has 0 bridgehead atoms. The van der Waals surface area contributed by atoms with Gasteiger partial charge >= 0.3 is 0 Å². The Bertz CT molecular complexity index is 1000. The minimum atomic E-state index is -0.0196. The highest BCUT2D eigenvalue weighted by Gasteiger charge is 2.25. The van der Waals surface area contributed by atoms with Crippen LogP contribution >= 0.6 is 0 Å². The first-order chi connectivity index (χ1) is 15.7. The standard InChI is InChI=1S/C26H37N5O2/c1-26(2,3)15-18(32)16-31(5)25-21-9-6-10-22(21)28-24(29-25)23-14-19(11-12-27-23)33-20-8-7-13-30(4)17-20/h11-12,14,20H,6-10,13,15-17H2,1-5H3/t20-/m0/s1. The van der Waals surface area contributed by atoms with Crippen LogP contribution in [0.4, 0.5) is 5.82 Å². The van der Waals surface area contributed by atoms with Gasteiger partial charge in [0.05, 0.1) is 6.54 Å². The first-order valence-corrected chi connectivity index (χ1v) is 12.1. The fourth-order valence-electron chi connectivity index (χ4n) is 4.84. The maximum Gasteiger partial charge on any atom is 0.180 e. The van der Waals surface area contributed by atoms with Crippen molar-refractivity contribution in [3.63, 3.8) is 0 Å². The zero-order chi connectivity index (χ0) is 23.6. The van der Waals surface area contributed by atoms with Crippen molar-refractivity contribution < 1.29 is 9.53 Å². The van der Waals surface area contributed by atoms with Crippen LogP contribution in [-0.4, -0.2) is 65.5 Å². The molecule has 1 aliphatic carbocycles. The molecule has 2 aromatic rings. The van der Waals surface area contributed by atoms with Crippen LogP contribution in [0.15, 0.2) is 18.3 Å². The normalized spacial score (nSPS) is 18.8. The number of hydrogen-bond acceptors (Lipinski definition) is 7. The molecule has 0 N–H and O–H groups in total. The van der Waals surface area contributed by atoms with Gasteiger partial charge in [0.15, 0.2) is 11.6 Å². The van der Waals surface area contributed by atoms with Gasteiger partial charge in [-0.25, -0.2) is 9.97 Å². The molecule has 4 rings (SSSR count). The molecule has 178 valence electrons. The van der Waals surface area contributed by atoms with Crippen LogP contribution in [-0.2, 0) is 17.6 Å². The number of fused-ring (bicyclic) bond motifs is 1. The summed E-state index contributed by atoms with van der Waals surface area (Å²) >= 11 is 0. The van der Waals surface area contributed by atoms with Gasteiger partial charge in [-0.3, -0.25) is 9.78 Å². The van der Waals surface area contributed by atoms with Gasteiger partial charge in [0.25, 0.3) is 0 Å². The summed E-state index contributed by atoms with van der Waals surface area (Å²) in [5.74, 6) is 2.49. The Balaban J connectivity index is 1.57. The Hall–Kier alpha value is -2.54.